The van der Waals surface area contributed by atoms with E-state index in [1.807, 2.05) is 18.2 Å². The highest BCUT2D eigenvalue weighted by molar-refractivity contribution is 5.77. The van der Waals surface area contributed by atoms with Gasteiger partial charge in [-0.05, 0) is 17.7 Å². The summed E-state index contributed by atoms with van der Waals surface area (Å²) in [5.41, 5.74) is 0.962. The third-order valence-electron chi connectivity index (χ3n) is 2.97. The quantitative estimate of drug-likeness (QED) is 0.764. The Morgan fingerprint density at radius 2 is 2.05 bits per heavy atom. The minimum absolute atomic E-state index is 0.0356. The summed E-state index contributed by atoms with van der Waals surface area (Å²) in [5.74, 6) is 1.33. The van der Waals surface area contributed by atoms with Gasteiger partial charge in [0.2, 0.25) is 5.91 Å². The predicted molar refractivity (Wildman–Crippen MR) is 76.6 cm³/mol. The molecule has 1 N–H and O–H groups in total. The van der Waals surface area contributed by atoms with Crippen molar-refractivity contribution >= 4 is 5.91 Å². The van der Waals surface area contributed by atoms with Crippen molar-refractivity contribution < 1.29 is 23.7 Å². The zero-order chi connectivity index (χ0) is 14.9. The summed E-state index contributed by atoms with van der Waals surface area (Å²) >= 11 is 0. The van der Waals surface area contributed by atoms with Crippen molar-refractivity contribution in [3.8, 4) is 11.5 Å². The molecule has 6 heteroatoms. The van der Waals surface area contributed by atoms with Gasteiger partial charge >= 0.3 is 0 Å². The van der Waals surface area contributed by atoms with Crippen molar-refractivity contribution in [1.29, 1.82) is 0 Å². The molecule has 1 aliphatic rings. The van der Waals surface area contributed by atoms with Gasteiger partial charge < -0.3 is 24.3 Å². The molecule has 0 aromatic heterocycles. The number of hydrogen-bond donors (Lipinski definition) is 1. The first-order chi connectivity index (χ1) is 10.3. The molecule has 2 rings (SSSR count). The van der Waals surface area contributed by atoms with E-state index >= 15 is 0 Å². The number of benzene rings is 1. The molecule has 0 fully saturated rings. The normalized spacial score (nSPS) is 13.6. The Bertz CT molecular complexity index is 463. The molecule has 6 nitrogen and oxygen atoms in total. The van der Waals surface area contributed by atoms with Gasteiger partial charge in [-0.15, -0.1) is 0 Å². The van der Waals surface area contributed by atoms with Gasteiger partial charge in [-0.25, -0.2) is 0 Å². The van der Waals surface area contributed by atoms with E-state index in [1.165, 1.54) is 0 Å². The van der Waals surface area contributed by atoms with Crippen LogP contribution in [0, 0.1) is 0 Å². The minimum atomic E-state index is -0.154. The monoisotopic (exact) mass is 295 g/mol. The minimum Gasteiger partial charge on any atom is -0.490 e. The maximum atomic E-state index is 11.6. The van der Waals surface area contributed by atoms with Gasteiger partial charge in [0.1, 0.15) is 6.61 Å². The molecule has 0 unspecified atom stereocenters. The lowest BCUT2D eigenvalue weighted by molar-refractivity contribution is -0.126. The lowest BCUT2D eigenvalue weighted by atomic mass is 10.2. The first-order valence-electron chi connectivity index (χ1n) is 7.01. The summed E-state index contributed by atoms with van der Waals surface area (Å²) < 4.78 is 21.2. The second-order valence-corrected chi connectivity index (χ2v) is 4.65. The highest BCUT2D eigenvalue weighted by atomic mass is 16.5. The number of methoxy groups -OCH3 is 1. The average Bonchev–Trinajstić information content (AvgIpc) is 2.74. The molecule has 0 bridgehead atoms. The number of carbonyl (C=O) groups is 1. The van der Waals surface area contributed by atoms with E-state index < -0.39 is 0 Å². The van der Waals surface area contributed by atoms with Crippen LogP contribution in [-0.2, 0) is 20.8 Å². The third kappa shape index (κ3) is 5.24. The van der Waals surface area contributed by atoms with Gasteiger partial charge in [-0.3, -0.25) is 4.79 Å². The molecular formula is C15H21NO5. The Hall–Kier alpha value is -1.79. The molecule has 1 aromatic rings. The molecule has 1 aromatic carbocycles. The lowest BCUT2D eigenvalue weighted by Gasteiger charge is -2.10. The summed E-state index contributed by atoms with van der Waals surface area (Å²) in [6.07, 6.45) is 0.875. The summed E-state index contributed by atoms with van der Waals surface area (Å²) in [6.45, 7) is 2.68. The van der Waals surface area contributed by atoms with E-state index in [0.717, 1.165) is 23.5 Å². The van der Waals surface area contributed by atoms with E-state index in [9.17, 15) is 4.79 Å². The van der Waals surface area contributed by atoms with Crippen LogP contribution in [0.1, 0.15) is 12.0 Å². The molecule has 0 radical (unpaired) electrons. The molecule has 0 saturated heterocycles. The standard InChI is InChI=1S/C15H21NO5/c1-18-7-8-19-11-15(17)16-10-12-3-4-13-14(9-12)21-6-2-5-20-13/h3-4,9H,2,5-8,10-11H2,1H3,(H,16,17). The highest BCUT2D eigenvalue weighted by Crippen LogP contribution is 2.30. The third-order valence-corrected chi connectivity index (χ3v) is 2.97. The number of fused-ring (bicyclic) bond motifs is 1. The molecular weight excluding hydrogens is 274 g/mol. The van der Waals surface area contributed by atoms with Crippen LogP contribution in [0.3, 0.4) is 0 Å². The van der Waals surface area contributed by atoms with Gasteiger partial charge in [-0.1, -0.05) is 6.07 Å². The zero-order valence-corrected chi connectivity index (χ0v) is 12.2. The molecule has 116 valence electrons. The molecule has 0 saturated carbocycles. The van der Waals surface area contributed by atoms with E-state index in [1.54, 1.807) is 7.11 Å². The topological polar surface area (TPSA) is 66.0 Å². The maximum absolute atomic E-state index is 11.6. The summed E-state index contributed by atoms with van der Waals surface area (Å²) in [6, 6.07) is 5.68. The van der Waals surface area contributed by atoms with Gasteiger partial charge in [0.05, 0.1) is 26.4 Å². The smallest absolute Gasteiger partial charge is 0.246 e. The van der Waals surface area contributed by atoms with Crippen LogP contribution in [0.5, 0.6) is 11.5 Å². The molecule has 1 heterocycles. The fourth-order valence-electron chi connectivity index (χ4n) is 1.88. The first kappa shape index (κ1) is 15.6. The number of ether oxygens (including phenoxy) is 4. The van der Waals surface area contributed by atoms with Crippen LogP contribution in [0.4, 0.5) is 0 Å². The summed E-state index contributed by atoms with van der Waals surface area (Å²) in [7, 11) is 1.59. The van der Waals surface area contributed by atoms with E-state index in [4.69, 9.17) is 18.9 Å². The predicted octanol–water partition coefficient (Wildman–Crippen LogP) is 1.13. The van der Waals surface area contributed by atoms with Gasteiger partial charge in [0, 0.05) is 20.1 Å². The van der Waals surface area contributed by atoms with E-state index in [2.05, 4.69) is 5.32 Å². The summed E-state index contributed by atoms with van der Waals surface area (Å²) in [5, 5.41) is 2.80. The lowest BCUT2D eigenvalue weighted by Crippen LogP contribution is -2.27. The van der Waals surface area contributed by atoms with Crippen LogP contribution >= 0.6 is 0 Å². The maximum Gasteiger partial charge on any atom is 0.246 e. The van der Waals surface area contributed by atoms with Crippen LogP contribution in [0.25, 0.3) is 0 Å². The Labute approximate surface area is 124 Å². The van der Waals surface area contributed by atoms with Gasteiger partial charge in [-0.2, -0.15) is 0 Å². The van der Waals surface area contributed by atoms with Crippen molar-refractivity contribution in [2.24, 2.45) is 0 Å². The second-order valence-electron chi connectivity index (χ2n) is 4.65. The Balaban J connectivity index is 1.78. The van der Waals surface area contributed by atoms with E-state index in [0.29, 0.717) is 33.0 Å². The largest absolute Gasteiger partial charge is 0.490 e. The van der Waals surface area contributed by atoms with Crippen molar-refractivity contribution in [1.82, 2.24) is 5.32 Å². The van der Waals surface area contributed by atoms with Gasteiger partial charge in [0.15, 0.2) is 11.5 Å². The number of carbonyl (C=O) groups excluding carboxylic acids is 1. The van der Waals surface area contributed by atoms with Crippen molar-refractivity contribution in [3.63, 3.8) is 0 Å². The molecule has 0 atom stereocenters. The number of amides is 1. The average molecular weight is 295 g/mol. The zero-order valence-electron chi connectivity index (χ0n) is 12.2. The van der Waals surface area contributed by atoms with Crippen LogP contribution in [0.15, 0.2) is 18.2 Å². The van der Waals surface area contributed by atoms with E-state index in [-0.39, 0.29) is 12.5 Å². The van der Waals surface area contributed by atoms with Crippen molar-refractivity contribution in [2.75, 3.05) is 40.1 Å². The molecule has 1 amide bonds. The van der Waals surface area contributed by atoms with Gasteiger partial charge in [0.25, 0.3) is 0 Å². The summed E-state index contributed by atoms with van der Waals surface area (Å²) in [4.78, 5) is 11.6. The Morgan fingerprint density at radius 3 is 2.86 bits per heavy atom. The highest BCUT2D eigenvalue weighted by Gasteiger charge is 2.11. The number of rotatable bonds is 7. The number of hydrogen-bond acceptors (Lipinski definition) is 5. The molecule has 1 aliphatic heterocycles. The first-order valence-corrected chi connectivity index (χ1v) is 7.01. The van der Waals surface area contributed by atoms with Crippen molar-refractivity contribution in [2.45, 2.75) is 13.0 Å². The van der Waals surface area contributed by atoms with Crippen molar-refractivity contribution in [3.05, 3.63) is 23.8 Å². The molecule has 0 aliphatic carbocycles. The fourth-order valence-corrected chi connectivity index (χ4v) is 1.88. The Kier molecular flexibility index (Phi) is 6.30. The molecule has 0 spiro atoms. The van der Waals surface area contributed by atoms with Crippen LogP contribution < -0.4 is 14.8 Å². The van der Waals surface area contributed by atoms with Crippen LogP contribution in [0.2, 0.25) is 0 Å². The Morgan fingerprint density at radius 1 is 1.24 bits per heavy atom. The SMILES string of the molecule is COCCOCC(=O)NCc1ccc2c(c1)OCCCO2. The van der Waals surface area contributed by atoms with Crippen LogP contribution in [-0.4, -0.2) is 46.1 Å². The number of nitrogens with one attached hydrogen (secondary N) is 1. The molecule has 21 heavy (non-hydrogen) atoms. The fraction of sp³-hybridized carbons (Fsp3) is 0.533. The second kappa shape index (κ2) is 8.49.